The first-order chi connectivity index (χ1) is 9.63. The molecule has 0 saturated carbocycles. The van der Waals surface area contributed by atoms with Crippen LogP contribution in [0.4, 0.5) is 5.95 Å². The molecule has 1 saturated heterocycles. The highest BCUT2D eigenvalue weighted by molar-refractivity contribution is 7.99. The van der Waals surface area contributed by atoms with Crippen LogP contribution in [0.15, 0.2) is 11.1 Å². The number of hydrogen-bond donors (Lipinski definition) is 1. The molecule has 0 atom stereocenters. The van der Waals surface area contributed by atoms with Gasteiger partial charge in [0.05, 0.1) is 5.75 Å². The average Bonchev–Trinajstić information content (AvgIpc) is 3.03. The van der Waals surface area contributed by atoms with Crippen LogP contribution in [0.5, 0.6) is 0 Å². The van der Waals surface area contributed by atoms with Crippen molar-refractivity contribution >= 4 is 29.5 Å². The summed E-state index contributed by atoms with van der Waals surface area (Å²) in [5.74, 6) is 0.354. The third kappa shape index (κ3) is 2.55. The third-order valence-corrected chi connectivity index (χ3v) is 4.11. The van der Waals surface area contributed by atoms with E-state index in [1.54, 1.807) is 4.52 Å². The summed E-state index contributed by atoms with van der Waals surface area (Å²) < 4.78 is 1.63. The molecule has 0 aromatic carbocycles. The number of aromatic nitrogens is 4. The van der Waals surface area contributed by atoms with Gasteiger partial charge < -0.3 is 10.0 Å². The van der Waals surface area contributed by atoms with Crippen LogP contribution in [0.25, 0.3) is 5.78 Å². The van der Waals surface area contributed by atoms with Crippen molar-refractivity contribution in [2.75, 3.05) is 23.7 Å². The van der Waals surface area contributed by atoms with Crippen molar-refractivity contribution in [3.05, 3.63) is 11.8 Å². The van der Waals surface area contributed by atoms with Crippen LogP contribution in [0.2, 0.25) is 0 Å². The number of aryl methyl sites for hydroxylation is 1. The molecule has 20 heavy (non-hydrogen) atoms. The van der Waals surface area contributed by atoms with Crippen LogP contribution in [0.3, 0.4) is 0 Å². The first-order valence-corrected chi connectivity index (χ1v) is 7.46. The molecule has 0 amide bonds. The van der Waals surface area contributed by atoms with E-state index in [1.807, 2.05) is 13.0 Å². The Hall–Kier alpha value is -1.83. The van der Waals surface area contributed by atoms with Gasteiger partial charge >= 0.3 is 5.97 Å². The van der Waals surface area contributed by atoms with E-state index in [-0.39, 0.29) is 5.75 Å². The summed E-state index contributed by atoms with van der Waals surface area (Å²) in [7, 11) is 0. The highest BCUT2D eigenvalue weighted by Gasteiger charge is 2.19. The lowest BCUT2D eigenvalue weighted by Gasteiger charge is -2.10. The Morgan fingerprint density at radius 1 is 1.40 bits per heavy atom. The fraction of sp³-hybridized carbons (Fsp3) is 0.500. The zero-order valence-electron chi connectivity index (χ0n) is 11.1. The number of carbonyl (C=O) groups is 1. The van der Waals surface area contributed by atoms with E-state index in [0.717, 1.165) is 36.7 Å². The SMILES string of the molecule is Cc1cc(SCC(=O)O)n2nc(N3CCCC3)nc2n1. The van der Waals surface area contributed by atoms with Gasteiger partial charge in [0.15, 0.2) is 0 Å². The highest BCUT2D eigenvalue weighted by atomic mass is 32.2. The zero-order chi connectivity index (χ0) is 14.1. The van der Waals surface area contributed by atoms with E-state index in [4.69, 9.17) is 5.11 Å². The molecule has 7 nitrogen and oxygen atoms in total. The van der Waals surface area contributed by atoms with Crippen molar-refractivity contribution in [3.63, 3.8) is 0 Å². The van der Waals surface area contributed by atoms with Crippen molar-refractivity contribution in [2.45, 2.75) is 24.8 Å². The van der Waals surface area contributed by atoms with Gasteiger partial charge in [0.25, 0.3) is 5.78 Å². The molecule has 2 aromatic heterocycles. The van der Waals surface area contributed by atoms with Gasteiger partial charge in [0.1, 0.15) is 5.03 Å². The Bertz CT molecular complexity index is 651. The molecular formula is C12H15N5O2S. The number of carboxylic acids is 1. The molecule has 8 heteroatoms. The summed E-state index contributed by atoms with van der Waals surface area (Å²) in [4.78, 5) is 21.7. The van der Waals surface area contributed by atoms with Crippen LogP contribution in [0, 0.1) is 6.92 Å². The van der Waals surface area contributed by atoms with Gasteiger partial charge in [-0.1, -0.05) is 11.8 Å². The lowest BCUT2D eigenvalue weighted by atomic mass is 10.4. The average molecular weight is 293 g/mol. The number of anilines is 1. The molecule has 0 bridgehead atoms. The van der Waals surface area contributed by atoms with Gasteiger partial charge in [-0.15, -0.1) is 5.10 Å². The van der Waals surface area contributed by atoms with Gasteiger partial charge in [-0.05, 0) is 25.8 Å². The quantitative estimate of drug-likeness (QED) is 0.670. The maximum absolute atomic E-state index is 10.7. The van der Waals surface area contributed by atoms with Crippen LogP contribution < -0.4 is 4.90 Å². The van der Waals surface area contributed by atoms with Gasteiger partial charge in [-0.3, -0.25) is 4.79 Å². The van der Waals surface area contributed by atoms with Gasteiger partial charge in [0, 0.05) is 18.8 Å². The van der Waals surface area contributed by atoms with Crippen LogP contribution in [0.1, 0.15) is 18.5 Å². The molecule has 1 aliphatic heterocycles. The summed E-state index contributed by atoms with van der Waals surface area (Å²) in [6.07, 6.45) is 2.31. The lowest BCUT2D eigenvalue weighted by molar-refractivity contribution is -0.133. The number of carboxylic acid groups (broad SMARTS) is 1. The van der Waals surface area contributed by atoms with E-state index in [0.29, 0.717) is 11.7 Å². The Morgan fingerprint density at radius 2 is 2.15 bits per heavy atom. The summed E-state index contributed by atoms with van der Waals surface area (Å²) in [6.45, 7) is 3.80. The molecule has 0 aliphatic carbocycles. The zero-order valence-corrected chi connectivity index (χ0v) is 11.9. The Balaban J connectivity index is 1.98. The summed E-state index contributed by atoms with van der Waals surface area (Å²) in [5, 5.41) is 14.0. The third-order valence-electron chi connectivity index (χ3n) is 3.13. The minimum absolute atomic E-state index is 0.00252. The monoisotopic (exact) mass is 293 g/mol. The first-order valence-electron chi connectivity index (χ1n) is 6.47. The summed E-state index contributed by atoms with van der Waals surface area (Å²) in [6, 6.07) is 1.84. The Labute approximate surface area is 120 Å². The lowest BCUT2D eigenvalue weighted by Crippen LogP contribution is -2.19. The summed E-state index contributed by atoms with van der Waals surface area (Å²) >= 11 is 1.23. The molecule has 1 fully saturated rings. The van der Waals surface area contributed by atoms with Crippen LogP contribution in [-0.4, -0.2) is 49.5 Å². The second kappa shape index (κ2) is 5.28. The summed E-state index contributed by atoms with van der Waals surface area (Å²) in [5.41, 5.74) is 0.811. The van der Waals surface area contributed by atoms with Gasteiger partial charge in [-0.25, -0.2) is 4.98 Å². The number of aliphatic carboxylic acids is 1. The van der Waals surface area contributed by atoms with Crippen LogP contribution >= 0.6 is 11.8 Å². The second-order valence-electron chi connectivity index (χ2n) is 4.74. The molecule has 2 aromatic rings. The van der Waals surface area contributed by atoms with Crippen LogP contribution in [-0.2, 0) is 4.79 Å². The van der Waals surface area contributed by atoms with E-state index in [9.17, 15) is 4.79 Å². The second-order valence-corrected chi connectivity index (χ2v) is 5.73. The minimum Gasteiger partial charge on any atom is -0.481 e. The fourth-order valence-corrected chi connectivity index (χ4v) is 3.00. The first kappa shape index (κ1) is 13.2. The molecule has 3 rings (SSSR count). The van der Waals surface area contributed by atoms with E-state index in [1.165, 1.54) is 11.8 Å². The maximum Gasteiger partial charge on any atom is 0.313 e. The van der Waals surface area contributed by atoms with E-state index >= 15 is 0 Å². The number of rotatable bonds is 4. The van der Waals surface area contributed by atoms with E-state index in [2.05, 4.69) is 20.0 Å². The molecule has 0 unspecified atom stereocenters. The maximum atomic E-state index is 10.7. The van der Waals surface area contributed by atoms with E-state index < -0.39 is 5.97 Å². The Morgan fingerprint density at radius 3 is 2.85 bits per heavy atom. The van der Waals surface area contributed by atoms with Crippen molar-refractivity contribution in [2.24, 2.45) is 0 Å². The molecule has 1 N–H and O–H groups in total. The highest BCUT2D eigenvalue weighted by Crippen LogP contribution is 2.22. The Kier molecular flexibility index (Phi) is 3.47. The van der Waals surface area contributed by atoms with Gasteiger partial charge in [-0.2, -0.15) is 9.50 Å². The fourth-order valence-electron chi connectivity index (χ4n) is 2.23. The minimum atomic E-state index is -0.850. The number of hydrogen-bond acceptors (Lipinski definition) is 6. The molecule has 1 aliphatic rings. The largest absolute Gasteiger partial charge is 0.481 e. The number of thioether (sulfide) groups is 1. The normalized spacial score (nSPS) is 15.2. The van der Waals surface area contributed by atoms with Crippen molar-refractivity contribution in [3.8, 4) is 0 Å². The topological polar surface area (TPSA) is 83.6 Å². The number of fused-ring (bicyclic) bond motifs is 1. The standard InChI is InChI=1S/C12H15N5O2S/c1-8-6-9(20-7-10(18)19)17-11(13-8)14-12(15-17)16-4-2-3-5-16/h6H,2-5,7H2,1H3,(H,18,19). The number of nitrogens with zero attached hydrogens (tertiary/aromatic N) is 5. The molecule has 3 heterocycles. The predicted molar refractivity (Wildman–Crippen MR) is 75.3 cm³/mol. The molecule has 0 radical (unpaired) electrons. The van der Waals surface area contributed by atoms with Gasteiger partial charge in [0.2, 0.25) is 5.95 Å². The van der Waals surface area contributed by atoms with Crippen molar-refractivity contribution in [1.29, 1.82) is 0 Å². The molecule has 0 spiro atoms. The molecular weight excluding hydrogens is 278 g/mol. The predicted octanol–water partition coefficient (Wildman–Crippen LogP) is 1.21. The molecule has 106 valence electrons. The van der Waals surface area contributed by atoms with Crippen molar-refractivity contribution < 1.29 is 9.90 Å². The van der Waals surface area contributed by atoms with Crippen molar-refractivity contribution in [1.82, 2.24) is 19.6 Å². The smallest absolute Gasteiger partial charge is 0.313 e.